The van der Waals surface area contributed by atoms with E-state index in [9.17, 15) is 0 Å². The molecular formula is C25H33N3S2. The molecule has 0 aliphatic rings. The van der Waals surface area contributed by atoms with Gasteiger partial charge in [-0.2, -0.15) is 0 Å². The van der Waals surface area contributed by atoms with Gasteiger partial charge in [0.2, 0.25) is 0 Å². The number of hydrogen-bond donors (Lipinski definition) is 3. The van der Waals surface area contributed by atoms with Crippen molar-refractivity contribution in [1.82, 2.24) is 10.6 Å². The van der Waals surface area contributed by atoms with Gasteiger partial charge in [-0.25, -0.2) is 0 Å². The number of nitrogens with two attached hydrogens (primary N) is 1. The van der Waals surface area contributed by atoms with Crippen molar-refractivity contribution in [2.45, 2.75) is 47.5 Å². The van der Waals surface area contributed by atoms with Gasteiger partial charge >= 0.3 is 0 Å². The Balaban J connectivity index is 2.57. The smallest absolute Gasteiger partial charge is 0.0829 e. The summed E-state index contributed by atoms with van der Waals surface area (Å²) in [5, 5.41) is 8.67. The molecule has 0 bridgehead atoms. The summed E-state index contributed by atoms with van der Waals surface area (Å²) in [6.45, 7) is 21.8. The van der Waals surface area contributed by atoms with E-state index in [4.69, 9.17) is 18.0 Å². The fourth-order valence-corrected chi connectivity index (χ4v) is 4.70. The minimum absolute atomic E-state index is 0.408. The zero-order valence-corrected chi connectivity index (χ0v) is 20.5. The summed E-state index contributed by atoms with van der Waals surface area (Å²) in [6.07, 6.45) is 0. The lowest BCUT2D eigenvalue weighted by atomic mass is 9.91. The normalized spacial score (nSPS) is 11.8. The summed E-state index contributed by atoms with van der Waals surface area (Å²) in [5.41, 5.74) is 15.0. The van der Waals surface area contributed by atoms with Crippen molar-refractivity contribution in [2.24, 2.45) is 5.73 Å². The Morgan fingerprint density at radius 2 is 1.80 bits per heavy atom. The molecule has 1 aromatic heterocycles. The zero-order valence-electron chi connectivity index (χ0n) is 18.9. The lowest BCUT2D eigenvalue weighted by Crippen LogP contribution is -2.28. The van der Waals surface area contributed by atoms with Crippen LogP contribution < -0.4 is 16.4 Å². The van der Waals surface area contributed by atoms with E-state index in [1.54, 1.807) is 11.3 Å². The second-order valence-corrected chi connectivity index (χ2v) is 9.17. The van der Waals surface area contributed by atoms with Crippen LogP contribution in [-0.2, 0) is 0 Å². The van der Waals surface area contributed by atoms with Crippen LogP contribution in [0.2, 0.25) is 0 Å². The maximum atomic E-state index is 6.53. The number of likely N-dealkylation sites (N-methyl/N-ethyl adjacent to an activating group) is 1. The number of rotatable bonds is 9. The van der Waals surface area contributed by atoms with Gasteiger partial charge in [0.25, 0.3) is 0 Å². The van der Waals surface area contributed by atoms with Gasteiger partial charge in [0, 0.05) is 12.2 Å². The molecule has 0 aliphatic heterocycles. The van der Waals surface area contributed by atoms with Crippen molar-refractivity contribution in [3.8, 4) is 0 Å². The fourth-order valence-electron chi connectivity index (χ4n) is 3.47. The number of benzene rings is 1. The number of nitrogens with one attached hydrogen (secondary N) is 2. The highest BCUT2D eigenvalue weighted by Crippen LogP contribution is 2.28. The van der Waals surface area contributed by atoms with Crippen molar-refractivity contribution >= 4 is 34.1 Å². The molecule has 5 heteroatoms. The van der Waals surface area contributed by atoms with Crippen LogP contribution in [0.5, 0.6) is 0 Å². The lowest BCUT2D eigenvalue weighted by Gasteiger charge is -2.21. The maximum absolute atomic E-state index is 6.53. The largest absolute Gasteiger partial charge is 0.395 e. The first-order valence-electron chi connectivity index (χ1n) is 10.2. The van der Waals surface area contributed by atoms with Crippen molar-refractivity contribution in [1.29, 1.82) is 0 Å². The summed E-state index contributed by atoms with van der Waals surface area (Å²) in [5.74, 6) is 0.408. The maximum Gasteiger partial charge on any atom is 0.0829 e. The third-order valence-corrected chi connectivity index (χ3v) is 6.60. The van der Waals surface area contributed by atoms with Crippen LogP contribution in [0.25, 0.3) is 5.70 Å². The van der Waals surface area contributed by atoms with Gasteiger partial charge in [-0.3, -0.25) is 0 Å². The van der Waals surface area contributed by atoms with Gasteiger partial charge < -0.3 is 16.4 Å². The summed E-state index contributed by atoms with van der Waals surface area (Å²) in [7, 11) is 0. The molecule has 0 atom stereocenters. The molecule has 1 heterocycles. The lowest BCUT2D eigenvalue weighted by molar-refractivity contribution is 0.853. The SMILES string of the molecule is C=C(NCC)C(N)=C(NC(=C)c1sccc1C)C(=S)c1cc(C(C)C)c(C)cc1C. The molecule has 160 valence electrons. The molecule has 0 aliphatic carbocycles. The molecule has 2 rings (SSSR count). The minimum Gasteiger partial charge on any atom is -0.395 e. The van der Waals surface area contributed by atoms with Crippen molar-refractivity contribution in [3.63, 3.8) is 0 Å². The number of aryl methyl sites for hydroxylation is 3. The van der Waals surface area contributed by atoms with Crippen LogP contribution >= 0.6 is 23.6 Å². The van der Waals surface area contributed by atoms with Crippen molar-refractivity contribution in [3.05, 3.63) is 86.5 Å². The number of allylic oxidation sites excluding steroid dienone is 1. The molecule has 30 heavy (non-hydrogen) atoms. The molecule has 0 fully saturated rings. The summed E-state index contributed by atoms with van der Waals surface area (Å²) in [4.78, 5) is 1.75. The standard InChI is InChI=1S/C25H33N3S2/c1-9-27-18(7)22(26)23(28-19(8)25-15(4)10-11-30-25)24(29)21-13-20(14(2)3)16(5)12-17(21)6/h10-14,27-28H,7-9,26H2,1-6H3. The Kier molecular flexibility index (Phi) is 8.04. The Labute approximate surface area is 190 Å². The quantitative estimate of drug-likeness (QED) is 0.192. The minimum atomic E-state index is 0.408. The number of thiocarbonyl (C=S) groups is 1. The van der Waals surface area contributed by atoms with E-state index in [0.29, 0.717) is 27.9 Å². The first-order valence-corrected chi connectivity index (χ1v) is 11.5. The van der Waals surface area contributed by atoms with E-state index in [2.05, 4.69) is 82.0 Å². The first kappa shape index (κ1) is 23.9. The second kappa shape index (κ2) is 10.1. The highest BCUT2D eigenvalue weighted by Gasteiger charge is 2.19. The van der Waals surface area contributed by atoms with Crippen LogP contribution in [0.4, 0.5) is 0 Å². The van der Waals surface area contributed by atoms with E-state index >= 15 is 0 Å². The van der Waals surface area contributed by atoms with E-state index in [1.807, 2.05) is 6.92 Å². The Morgan fingerprint density at radius 3 is 2.33 bits per heavy atom. The van der Waals surface area contributed by atoms with Crippen LogP contribution in [0, 0.1) is 20.8 Å². The van der Waals surface area contributed by atoms with Gasteiger partial charge in [0.15, 0.2) is 0 Å². The van der Waals surface area contributed by atoms with Crippen molar-refractivity contribution in [2.75, 3.05) is 6.54 Å². The zero-order chi connectivity index (χ0) is 22.6. The van der Waals surface area contributed by atoms with Crippen LogP contribution in [0.3, 0.4) is 0 Å². The summed E-state index contributed by atoms with van der Waals surface area (Å²) >= 11 is 7.61. The van der Waals surface area contributed by atoms with Gasteiger partial charge in [0.1, 0.15) is 0 Å². The molecule has 0 spiro atoms. The predicted octanol–water partition coefficient (Wildman–Crippen LogP) is 6.07. The van der Waals surface area contributed by atoms with Crippen LogP contribution in [0.1, 0.15) is 59.4 Å². The summed E-state index contributed by atoms with van der Waals surface area (Å²) < 4.78 is 0. The third-order valence-electron chi connectivity index (χ3n) is 5.10. The van der Waals surface area contributed by atoms with E-state index in [1.165, 1.54) is 16.7 Å². The van der Waals surface area contributed by atoms with Crippen LogP contribution in [0.15, 0.2) is 53.8 Å². The van der Waals surface area contributed by atoms with Gasteiger partial charge in [-0.05, 0) is 78.9 Å². The highest BCUT2D eigenvalue weighted by atomic mass is 32.1. The second-order valence-electron chi connectivity index (χ2n) is 7.84. The third kappa shape index (κ3) is 5.21. The Morgan fingerprint density at radius 1 is 1.13 bits per heavy atom. The van der Waals surface area contributed by atoms with E-state index in [0.717, 1.165) is 28.2 Å². The Bertz CT molecular complexity index is 1010. The average molecular weight is 440 g/mol. The molecule has 1 aromatic carbocycles. The number of hydrogen-bond acceptors (Lipinski definition) is 5. The monoisotopic (exact) mass is 439 g/mol. The van der Waals surface area contributed by atoms with E-state index in [-0.39, 0.29) is 0 Å². The highest BCUT2D eigenvalue weighted by molar-refractivity contribution is 7.81. The molecule has 3 nitrogen and oxygen atoms in total. The van der Waals surface area contributed by atoms with Gasteiger partial charge in [-0.15, -0.1) is 11.3 Å². The predicted molar refractivity (Wildman–Crippen MR) is 137 cm³/mol. The van der Waals surface area contributed by atoms with Gasteiger partial charge in [0.05, 0.1) is 26.8 Å². The molecule has 4 N–H and O–H groups in total. The molecule has 0 unspecified atom stereocenters. The molecular weight excluding hydrogens is 406 g/mol. The molecule has 0 saturated heterocycles. The van der Waals surface area contributed by atoms with Gasteiger partial charge in [-0.1, -0.05) is 45.3 Å². The van der Waals surface area contributed by atoms with Crippen LogP contribution in [-0.4, -0.2) is 11.4 Å². The Hall–Kier alpha value is -2.37. The summed E-state index contributed by atoms with van der Waals surface area (Å²) in [6, 6.07) is 6.47. The van der Waals surface area contributed by atoms with Crippen molar-refractivity contribution < 1.29 is 0 Å². The molecule has 0 saturated carbocycles. The van der Waals surface area contributed by atoms with E-state index < -0.39 is 0 Å². The fraction of sp³-hybridized carbons (Fsp3) is 0.320. The first-order chi connectivity index (χ1) is 14.1. The molecule has 0 radical (unpaired) electrons. The average Bonchev–Trinajstić information content (AvgIpc) is 3.11. The molecule has 0 amide bonds. The molecule has 2 aromatic rings. The topological polar surface area (TPSA) is 50.1 Å². The number of thiophene rings is 1.